The average Bonchev–Trinajstić information content (AvgIpc) is 2.47. The molecule has 3 rings (SSSR count). The average molecular weight is 271 g/mol. The van der Waals surface area contributed by atoms with Gasteiger partial charge in [-0.25, -0.2) is 0 Å². The molecule has 1 aliphatic rings. The van der Waals surface area contributed by atoms with E-state index in [1.54, 1.807) is 54.6 Å². The van der Waals surface area contributed by atoms with Gasteiger partial charge in [0.05, 0.1) is 5.76 Å². The summed E-state index contributed by atoms with van der Waals surface area (Å²) >= 11 is 0. The monoisotopic (exact) mass is 271 g/mol. The number of benzene rings is 2. The Kier molecular flexibility index (Phi) is 3.10. The molecule has 0 bridgehead atoms. The summed E-state index contributed by atoms with van der Waals surface area (Å²) in [4.78, 5) is 2.16. The van der Waals surface area contributed by atoms with E-state index in [1.165, 1.54) is 0 Å². The van der Waals surface area contributed by atoms with E-state index in [9.17, 15) is 8.63 Å². The third-order valence-electron chi connectivity index (χ3n) is 3.02. The summed E-state index contributed by atoms with van der Waals surface area (Å²) in [6.45, 7) is 0. The van der Waals surface area contributed by atoms with Crippen molar-refractivity contribution in [3.8, 4) is 0 Å². The van der Waals surface area contributed by atoms with Crippen LogP contribution >= 0.6 is 0 Å². The van der Waals surface area contributed by atoms with Gasteiger partial charge in [0.15, 0.2) is 5.71 Å². The molecule has 0 atom stereocenters. The third kappa shape index (κ3) is 2.61. The van der Waals surface area contributed by atoms with Gasteiger partial charge in [0.25, 0.3) is 0 Å². The van der Waals surface area contributed by atoms with E-state index < -0.39 is 7.04 Å². The fraction of sp³-hybridized carbons (Fsp3) is 0. The van der Waals surface area contributed by atoms with Crippen molar-refractivity contribution in [3.05, 3.63) is 77.9 Å². The predicted molar refractivity (Wildman–Crippen MR) is 75.0 cm³/mol. The summed E-state index contributed by atoms with van der Waals surface area (Å²) < 4.78 is 32.3. The first-order valence-corrected chi connectivity index (χ1v) is 6.31. The largest absolute Gasteiger partial charge is 0.827 e. The van der Waals surface area contributed by atoms with Crippen LogP contribution in [0.4, 0.5) is 8.63 Å². The lowest BCUT2D eigenvalue weighted by atomic mass is 9.98. The molecule has 0 saturated carbocycles. The van der Waals surface area contributed by atoms with Crippen LogP contribution in [0.2, 0.25) is 0 Å². The minimum Gasteiger partial charge on any atom is -0.599 e. The number of rotatable bonds is 2. The number of allylic oxidation sites excluding steroid dienone is 1. The molecule has 0 aliphatic carbocycles. The highest BCUT2D eigenvalue weighted by atomic mass is 19.3. The summed E-state index contributed by atoms with van der Waals surface area (Å²) in [5.74, 6) is 0.174. The van der Waals surface area contributed by atoms with E-state index in [-0.39, 0.29) is 5.76 Å². The molecule has 2 aromatic rings. The summed E-state index contributed by atoms with van der Waals surface area (Å²) in [6.07, 6.45) is 1.60. The van der Waals surface area contributed by atoms with Gasteiger partial charge in [0, 0.05) is 17.2 Å². The number of halogens is 2. The highest BCUT2D eigenvalue weighted by Crippen LogP contribution is 2.22. The molecule has 0 amide bonds. The Morgan fingerprint density at radius 2 is 1.35 bits per heavy atom. The SMILES string of the molecule is F[B-]1(F)[NH+]=C(c2ccccc2)C=C(c2ccccc2)O1. The number of nitrogens with one attached hydrogen (secondary N) is 1. The Bertz CT molecular complexity index is 669. The Morgan fingerprint density at radius 3 is 1.95 bits per heavy atom. The van der Waals surface area contributed by atoms with Crippen LogP contribution in [0.5, 0.6) is 0 Å². The fourth-order valence-electron chi connectivity index (χ4n) is 2.11. The molecule has 5 heteroatoms. The summed E-state index contributed by atoms with van der Waals surface area (Å²) in [7, 11) is -4.11. The maximum Gasteiger partial charge on any atom is 0.827 e. The Labute approximate surface area is 115 Å². The van der Waals surface area contributed by atoms with Gasteiger partial charge in [-0.15, -0.1) is 0 Å². The summed E-state index contributed by atoms with van der Waals surface area (Å²) in [5.41, 5.74) is 1.69. The van der Waals surface area contributed by atoms with Crippen molar-refractivity contribution in [2.24, 2.45) is 0 Å². The van der Waals surface area contributed by atoms with Crippen molar-refractivity contribution in [2.75, 3.05) is 0 Å². The Morgan fingerprint density at radius 1 is 0.800 bits per heavy atom. The molecule has 1 N–H and O–H groups in total. The van der Waals surface area contributed by atoms with Gasteiger partial charge in [-0.05, 0) is 12.1 Å². The predicted octanol–water partition coefficient (Wildman–Crippen LogP) is 2.00. The van der Waals surface area contributed by atoms with Crippen molar-refractivity contribution >= 4 is 18.5 Å². The lowest BCUT2D eigenvalue weighted by molar-refractivity contribution is -0.360. The smallest absolute Gasteiger partial charge is 0.599 e. The highest BCUT2D eigenvalue weighted by molar-refractivity contribution is 6.52. The molecular weight excluding hydrogens is 259 g/mol. The molecule has 1 aliphatic heterocycles. The maximum atomic E-state index is 13.7. The molecule has 0 spiro atoms. The van der Waals surface area contributed by atoms with Crippen molar-refractivity contribution in [3.63, 3.8) is 0 Å². The van der Waals surface area contributed by atoms with E-state index in [1.807, 2.05) is 12.1 Å². The van der Waals surface area contributed by atoms with E-state index in [0.29, 0.717) is 16.8 Å². The zero-order chi connectivity index (χ0) is 14.0. The molecule has 0 aromatic heterocycles. The van der Waals surface area contributed by atoms with E-state index >= 15 is 0 Å². The molecule has 20 heavy (non-hydrogen) atoms. The topological polar surface area (TPSA) is 23.2 Å². The highest BCUT2D eigenvalue weighted by Gasteiger charge is 2.43. The van der Waals surface area contributed by atoms with Gasteiger partial charge >= 0.3 is 7.04 Å². The van der Waals surface area contributed by atoms with Crippen molar-refractivity contribution in [1.29, 1.82) is 0 Å². The van der Waals surface area contributed by atoms with Crippen LogP contribution in [-0.2, 0) is 4.65 Å². The maximum absolute atomic E-state index is 13.7. The number of hydrogen-bond donors (Lipinski definition) is 1. The van der Waals surface area contributed by atoms with Crippen LogP contribution in [0.15, 0.2) is 66.7 Å². The molecule has 2 aromatic carbocycles. The molecule has 0 fully saturated rings. The summed E-state index contributed by atoms with van der Waals surface area (Å²) in [6, 6.07) is 17.9. The minimum absolute atomic E-state index is 0.174. The summed E-state index contributed by atoms with van der Waals surface area (Å²) in [5, 5.41) is 0. The first kappa shape index (κ1) is 12.6. The molecule has 2 nitrogen and oxygen atoms in total. The van der Waals surface area contributed by atoms with Crippen LogP contribution in [0, 0.1) is 0 Å². The van der Waals surface area contributed by atoms with Crippen LogP contribution < -0.4 is 4.90 Å². The Balaban J connectivity index is 2.05. The van der Waals surface area contributed by atoms with E-state index in [2.05, 4.69) is 4.90 Å². The quantitative estimate of drug-likeness (QED) is 0.830. The van der Waals surface area contributed by atoms with Gasteiger partial charge < -0.3 is 18.2 Å². The third-order valence-corrected chi connectivity index (χ3v) is 3.02. The molecule has 100 valence electrons. The molecule has 0 unspecified atom stereocenters. The van der Waals surface area contributed by atoms with E-state index in [4.69, 9.17) is 4.65 Å². The second-order valence-electron chi connectivity index (χ2n) is 4.51. The number of hydrogen-bond acceptors (Lipinski definition) is 1. The van der Waals surface area contributed by atoms with Gasteiger partial charge in [0.1, 0.15) is 0 Å². The lowest BCUT2D eigenvalue weighted by Crippen LogP contribution is -2.90. The van der Waals surface area contributed by atoms with Crippen LogP contribution in [0.1, 0.15) is 11.1 Å². The van der Waals surface area contributed by atoms with Crippen LogP contribution in [0.3, 0.4) is 0 Å². The van der Waals surface area contributed by atoms with Crippen molar-refractivity contribution in [1.82, 2.24) is 0 Å². The molecule has 0 saturated heterocycles. The van der Waals surface area contributed by atoms with Gasteiger partial charge in [-0.1, -0.05) is 48.5 Å². The second-order valence-corrected chi connectivity index (χ2v) is 4.51. The first-order chi connectivity index (χ1) is 9.64. The van der Waals surface area contributed by atoms with Crippen molar-refractivity contribution in [2.45, 2.75) is 0 Å². The molecule has 0 radical (unpaired) electrons. The minimum atomic E-state index is -4.11. The van der Waals surface area contributed by atoms with Crippen molar-refractivity contribution < 1.29 is 18.2 Å². The van der Waals surface area contributed by atoms with Gasteiger partial charge in [-0.2, -0.15) is 0 Å². The van der Waals surface area contributed by atoms with Crippen LogP contribution in [-0.4, -0.2) is 12.7 Å². The first-order valence-electron chi connectivity index (χ1n) is 6.31. The molecule has 1 heterocycles. The second kappa shape index (κ2) is 4.92. The molecular formula is C15H12BF2NO. The van der Waals surface area contributed by atoms with Gasteiger partial charge in [0.2, 0.25) is 0 Å². The van der Waals surface area contributed by atoms with Gasteiger partial charge in [-0.3, -0.25) is 0 Å². The normalized spacial score (nSPS) is 16.9. The van der Waals surface area contributed by atoms with Crippen LogP contribution in [0.25, 0.3) is 5.76 Å². The Hall–Kier alpha value is -2.43. The zero-order valence-corrected chi connectivity index (χ0v) is 10.6. The standard InChI is InChI=1S/C15H12BF2NO/c17-16(18)19-14(12-7-3-1-4-8-12)11-15(20-16)13-9-5-2-6-10-13/h1-11,19H. The van der Waals surface area contributed by atoms with E-state index in [0.717, 1.165) is 0 Å². The lowest BCUT2D eigenvalue weighted by Gasteiger charge is -2.23. The zero-order valence-electron chi connectivity index (χ0n) is 10.6. The fourth-order valence-corrected chi connectivity index (χ4v) is 2.11.